The zero-order valence-electron chi connectivity index (χ0n) is 16.9. The molecule has 0 amide bonds. The summed E-state index contributed by atoms with van der Waals surface area (Å²) < 4.78 is 12.3. The average molecular weight is 393 g/mol. The van der Waals surface area contributed by atoms with E-state index in [0.717, 1.165) is 27.6 Å². The Morgan fingerprint density at radius 2 is 1.86 bits per heavy atom. The molecule has 0 atom stereocenters. The second kappa shape index (κ2) is 8.22. The normalized spacial score (nSPS) is 11.5. The van der Waals surface area contributed by atoms with Gasteiger partial charge in [-0.05, 0) is 54.0 Å². The highest BCUT2D eigenvalue weighted by atomic mass is 16.5. The van der Waals surface area contributed by atoms with E-state index in [4.69, 9.17) is 14.6 Å². The number of aliphatic carboxylic acids is 1. The summed E-state index contributed by atoms with van der Waals surface area (Å²) in [7, 11) is 4.89. The van der Waals surface area contributed by atoms with Crippen molar-refractivity contribution in [3.63, 3.8) is 0 Å². The Bertz CT molecular complexity index is 1120. The number of methoxy groups -OCH3 is 2. The molecule has 1 N–H and O–H groups in total. The maximum Gasteiger partial charge on any atom is 0.337 e. The van der Waals surface area contributed by atoms with Gasteiger partial charge in [-0.3, -0.25) is 0 Å². The quantitative estimate of drug-likeness (QED) is 0.505. The van der Waals surface area contributed by atoms with Crippen molar-refractivity contribution in [2.75, 3.05) is 14.2 Å². The molecule has 0 aliphatic rings. The van der Waals surface area contributed by atoms with Gasteiger partial charge in [0.2, 0.25) is 0 Å². The number of ether oxygens (including phenoxy) is 2. The largest absolute Gasteiger partial charge is 0.496 e. The van der Waals surface area contributed by atoms with Crippen molar-refractivity contribution in [1.29, 1.82) is 0 Å². The molecule has 3 rings (SSSR count). The number of hydrogen-bond donors (Lipinski definition) is 1. The van der Waals surface area contributed by atoms with E-state index in [1.165, 1.54) is 7.11 Å². The SMILES string of the molecule is COC(=O)c1ccc(Cc2cn(C)c3ccc(C=C(C)C(=O)O)cc23)c(OC)c1. The minimum absolute atomic E-state index is 0.280. The lowest BCUT2D eigenvalue weighted by Crippen LogP contribution is -2.03. The molecule has 0 saturated heterocycles. The van der Waals surface area contributed by atoms with Crippen LogP contribution in [0.2, 0.25) is 0 Å². The molecule has 0 saturated carbocycles. The highest BCUT2D eigenvalue weighted by molar-refractivity contribution is 5.93. The fourth-order valence-electron chi connectivity index (χ4n) is 3.37. The first-order valence-corrected chi connectivity index (χ1v) is 9.08. The summed E-state index contributed by atoms with van der Waals surface area (Å²) in [6, 6.07) is 11.1. The fraction of sp³-hybridized carbons (Fsp3) is 0.217. The number of carbonyl (C=O) groups excluding carboxylic acids is 1. The van der Waals surface area contributed by atoms with Gasteiger partial charge in [0.15, 0.2) is 0 Å². The minimum Gasteiger partial charge on any atom is -0.496 e. The summed E-state index contributed by atoms with van der Waals surface area (Å²) in [4.78, 5) is 22.9. The van der Waals surface area contributed by atoms with Crippen LogP contribution in [-0.4, -0.2) is 35.8 Å². The van der Waals surface area contributed by atoms with E-state index in [2.05, 4.69) is 6.20 Å². The maximum atomic E-state index is 11.8. The van der Waals surface area contributed by atoms with E-state index in [-0.39, 0.29) is 5.57 Å². The first kappa shape index (κ1) is 20.2. The number of nitrogens with zero attached hydrogens (tertiary/aromatic N) is 1. The maximum absolute atomic E-state index is 11.8. The van der Waals surface area contributed by atoms with Gasteiger partial charge in [-0.1, -0.05) is 12.1 Å². The molecule has 1 heterocycles. The summed E-state index contributed by atoms with van der Waals surface area (Å²) in [5.41, 5.74) is 4.61. The third kappa shape index (κ3) is 4.16. The van der Waals surface area contributed by atoms with E-state index in [9.17, 15) is 9.59 Å². The first-order valence-electron chi connectivity index (χ1n) is 9.08. The lowest BCUT2D eigenvalue weighted by molar-refractivity contribution is -0.132. The predicted octanol–water partition coefficient (Wildman–Crippen LogP) is 4.05. The highest BCUT2D eigenvalue weighted by Crippen LogP contribution is 2.29. The number of esters is 1. The Morgan fingerprint density at radius 1 is 1.10 bits per heavy atom. The van der Waals surface area contributed by atoms with E-state index >= 15 is 0 Å². The minimum atomic E-state index is -0.936. The highest BCUT2D eigenvalue weighted by Gasteiger charge is 2.14. The Hall–Kier alpha value is -3.54. The molecule has 3 aromatic rings. The molecular weight excluding hydrogens is 370 g/mol. The van der Waals surface area contributed by atoms with Crippen molar-refractivity contribution >= 4 is 28.9 Å². The molecule has 6 heteroatoms. The van der Waals surface area contributed by atoms with E-state index in [1.807, 2.05) is 35.9 Å². The number of aromatic nitrogens is 1. The zero-order chi connectivity index (χ0) is 21.1. The molecule has 29 heavy (non-hydrogen) atoms. The van der Waals surface area contributed by atoms with Crippen LogP contribution < -0.4 is 4.74 Å². The van der Waals surface area contributed by atoms with Crippen molar-refractivity contribution in [1.82, 2.24) is 4.57 Å². The monoisotopic (exact) mass is 393 g/mol. The number of fused-ring (bicyclic) bond motifs is 1. The zero-order valence-corrected chi connectivity index (χ0v) is 16.9. The number of benzene rings is 2. The lowest BCUT2D eigenvalue weighted by atomic mass is 10.0. The molecule has 1 aromatic heterocycles. The molecular formula is C23H23NO5. The summed E-state index contributed by atoms with van der Waals surface area (Å²) in [5, 5.41) is 10.2. The van der Waals surface area contributed by atoms with Gasteiger partial charge >= 0.3 is 11.9 Å². The van der Waals surface area contributed by atoms with E-state index < -0.39 is 11.9 Å². The summed E-state index contributed by atoms with van der Waals surface area (Å²) in [5.74, 6) is -0.735. The van der Waals surface area contributed by atoms with Crippen LogP contribution >= 0.6 is 0 Å². The molecule has 0 aliphatic carbocycles. The van der Waals surface area contributed by atoms with Crippen LogP contribution in [0.4, 0.5) is 0 Å². The van der Waals surface area contributed by atoms with Gasteiger partial charge in [-0.25, -0.2) is 9.59 Å². The molecule has 6 nitrogen and oxygen atoms in total. The topological polar surface area (TPSA) is 77.8 Å². The predicted molar refractivity (Wildman–Crippen MR) is 111 cm³/mol. The van der Waals surface area contributed by atoms with Crippen LogP contribution in [-0.2, 0) is 23.0 Å². The van der Waals surface area contributed by atoms with E-state index in [0.29, 0.717) is 17.7 Å². The van der Waals surface area contributed by atoms with Gasteiger partial charge in [-0.2, -0.15) is 0 Å². The van der Waals surface area contributed by atoms with Gasteiger partial charge in [0.05, 0.1) is 19.8 Å². The molecule has 0 unspecified atom stereocenters. The molecule has 0 spiro atoms. The van der Waals surface area contributed by atoms with Crippen molar-refractivity contribution in [3.05, 3.63) is 70.4 Å². The Morgan fingerprint density at radius 3 is 2.52 bits per heavy atom. The van der Waals surface area contributed by atoms with Gasteiger partial charge in [0.1, 0.15) is 5.75 Å². The van der Waals surface area contributed by atoms with Crippen LogP contribution in [0.1, 0.15) is 34.0 Å². The van der Waals surface area contributed by atoms with Crippen LogP contribution in [0, 0.1) is 0 Å². The summed E-state index contributed by atoms with van der Waals surface area (Å²) in [6.07, 6.45) is 4.31. The van der Waals surface area contributed by atoms with Gasteiger partial charge in [0, 0.05) is 36.1 Å². The molecule has 0 fully saturated rings. The van der Waals surface area contributed by atoms with Gasteiger partial charge in [0.25, 0.3) is 0 Å². The number of rotatable bonds is 6. The Balaban J connectivity index is 2.03. The number of aryl methyl sites for hydroxylation is 1. The second-order valence-electron chi connectivity index (χ2n) is 6.87. The Kier molecular flexibility index (Phi) is 5.73. The molecule has 0 radical (unpaired) electrons. The lowest BCUT2D eigenvalue weighted by Gasteiger charge is -2.10. The fourth-order valence-corrected chi connectivity index (χ4v) is 3.37. The third-order valence-electron chi connectivity index (χ3n) is 4.91. The number of carboxylic acids is 1. The third-order valence-corrected chi connectivity index (χ3v) is 4.91. The van der Waals surface area contributed by atoms with Crippen molar-refractivity contribution < 1.29 is 24.2 Å². The van der Waals surface area contributed by atoms with Crippen LogP contribution in [0.25, 0.3) is 17.0 Å². The van der Waals surface area contributed by atoms with Crippen LogP contribution in [0.3, 0.4) is 0 Å². The van der Waals surface area contributed by atoms with Gasteiger partial charge in [-0.15, -0.1) is 0 Å². The van der Waals surface area contributed by atoms with Gasteiger partial charge < -0.3 is 19.1 Å². The molecule has 0 aliphatic heterocycles. The van der Waals surface area contributed by atoms with Crippen molar-refractivity contribution in [3.8, 4) is 5.75 Å². The van der Waals surface area contributed by atoms with Crippen molar-refractivity contribution in [2.24, 2.45) is 7.05 Å². The standard InChI is InChI=1S/C23H23NO5/c1-14(22(25)26)9-15-5-8-20-19(10-15)18(13-24(20)2)11-16-6-7-17(23(27)29-4)12-21(16)28-3/h5-10,12-13H,11H2,1-4H3,(H,25,26). The first-order chi connectivity index (χ1) is 13.8. The smallest absolute Gasteiger partial charge is 0.337 e. The molecule has 150 valence electrons. The van der Waals surface area contributed by atoms with Crippen LogP contribution in [0.5, 0.6) is 5.75 Å². The second-order valence-corrected chi connectivity index (χ2v) is 6.87. The summed E-state index contributed by atoms with van der Waals surface area (Å²) in [6.45, 7) is 1.58. The average Bonchev–Trinajstić information content (AvgIpc) is 3.02. The summed E-state index contributed by atoms with van der Waals surface area (Å²) >= 11 is 0. The Labute approximate surface area is 169 Å². The number of carboxylic acid groups (broad SMARTS) is 1. The number of carbonyl (C=O) groups is 2. The molecule has 2 aromatic carbocycles. The molecule has 0 bridgehead atoms. The van der Waals surface area contributed by atoms with E-state index in [1.54, 1.807) is 32.2 Å². The number of hydrogen-bond acceptors (Lipinski definition) is 4. The van der Waals surface area contributed by atoms with Crippen molar-refractivity contribution in [2.45, 2.75) is 13.3 Å². The van der Waals surface area contributed by atoms with Crippen LogP contribution in [0.15, 0.2) is 48.2 Å².